The van der Waals surface area contributed by atoms with Gasteiger partial charge in [-0.2, -0.15) is 13.2 Å². The minimum absolute atomic E-state index is 0.0358. The average Bonchev–Trinajstić information content (AvgIpc) is 2.60. The van der Waals surface area contributed by atoms with Crippen LogP contribution in [-0.4, -0.2) is 44.3 Å². The Morgan fingerprint density at radius 1 is 1.35 bits per heavy atom. The average molecular weight is 375 g/mol. The Kier molecular flexibility index (Phi) is 8.63. The van der Waals surface area contributed by atoms with Crippen molar-refractivity contribution in [3.63, 3.8) is 0 Å². The Morgan fingerprint density at radius 3 is 2.73 bits per heavy atom. The van der Waals surface area contributed by atoms with Crippen LogP contribution < -0.4 is 10.1 Å². The van der Waals surface area contributed by atoms with Gasteiger partial charge in [0.05, 0.1) is 18.7 Å². The predicted octanol–water partition coefficient (Wildman–Crippen LogP) is 2.33. The number of esters is 1. The van der Waals surface area contributed by atoms with E-state index in [1.807, 2.05) is 0 Å². The van der Waals surface area contributed by atoms with Crippen LogP contribution in [0.1, 0.15) is 12.5 Å². The Bertz CT molecular complexity index is 619. The van der Waals surface area contributed by atoms with Gasteiger partial charge in [0.1, 0.15) is 12.4 Å². The highest BCUT2D eigenvalue weighted by molar-refractivity contribution is 5.81. The number of hydrogen-bond donors (Lipinski definition) is 1. The summed E-state index contributed by atoms with van der Waals surface area (Å²) in [7, 11) is 0. The maximum absolute atomic E-state index is 12.6. The van der Waals surface area contributed by atoms with Crippen molar-refractivity contribution in [3.05, 3.63) is 42.5 Å². The third kappa shape index (κ3) is 8.02. The molecule has 0 saturated carbocycles. The quantitative estimate of drug-likeness (QED) is 0.386. The number of carbonyl (C=O) groups excluding carboxylic acids is 2. The van der Waals surface area contributed by atoms with Crippen LogP contribution in [-0.2, 0) is 25.2 Å². The zero-order valence-corrected chi connectivity index (χ0v) is 14.2. The highest BCUT2D eigenvalue weighted by Crippen LogP contribution is 2.31. The molecular weight excluding hydrogens is 355 g/mol. The number of ether oxygens (including phenoxy) is 3. The highest BCUT2D eigenvalue weighted by Gasteiger charge is 2.30. The first-order chi connectivity index (χ1) is 12.2. The number of carbonyl (C=O) groups is 2. The Labute approximate surface area is 148 Å². The molecule has 0 aromatic heterocycles. The SMILES string of the molecule is C=CCOC(C)C(=O)OCC(=O)NCCOc1cccc(C(F)(F)F)c1. The zero-order chi connectivity index (χ0) is 19.6. The fourth-order valence-electron chi connectivity index (χ4n) is 1.71. The van der Waals surface area contributed by atoms with Crippen molar-refractivity contribution in [1.82, 2.24) is 5.32 Å². The van der Waals surface area contributed by atoms with Gasteiger partial charge >= 0.3 is 12.1 Å². The fourth-order valence-corrected chi connectivity index (χ4v) is 1.71. The lowest BCUT2D eigenvalue weighted by Crippen LogP contribution is -2.34. The van der Waals surface area contributed by atoms with Crippen LogP contribution in [0.3, 0.4) is 0 Å². The summed E-state index contributed by atoms with van der Waals surface area (Å²) in [5.41, 5.74) is -0.821. The second-order valence-corrected chi connectivity index (χ2v) is 5.10. The molecule has 1 atom stereocenters. The summed E-state index contributed by atoms with van der Waals surface area (Å²) in [5.74, 6) is -1.22. The van der Waals surface area contributed by atoms with Crippen molar-refractivity contribution in [1.29, 1.82) is 0 Å². The zero-order valence-electron chi connectivity index (χ0n) is 14.2. The topological polar surface area (TPSA) is 73.9 Å². The Hall–Kier alpha value is -2.55. The first-order valence-corrected chi connectivity index (χ1v) is 7.70. The van der Waals surface area contributed by atoms with Gasteiger partial charge in [0, 0.05) is 0 Å². The van der Waals surface area contributed by atoms with E-state index in [9.17, 15) is 22.8 Å². The standard InChI is InChI=1S/C17H20F3NO5/c1-3-8-24-12(2)16(23)26-11-15(22)21-7-9-25-14-6-4-5-13(10-14)17(18,19)20/h3-6,10,12H,1,7-9,11H2,2H3,(H,21,22). The summed E-state index contributed by atoms with van der Waals surface area (Å²) in [6, 6.07) is 4.41. The van der Waals surface area contributed by atoms with E-state index in [2.05, 4.69) is 11.9 Å². The van der Waals surface area contributed by atoms with Crippen LogP contribution >= 0.6 is 0 Å². The van der Waals surface area contributed by atoms with Gasteiger partial charge in [-0.25, -0.2) is 4.79 Å². The van der Waals surface area contributed by atoms with Crippen molar-refractivity contribution in [2.75, 3.05) is 26.4 Å². The number of hydrogen-bond acceptors (Lipinski definition) is 5. The molecule has 0 spiro atoms. The molecule has 1 aromatic rings. The van der Waals surface area contributed by atoms with Gasteiger partial charge in [-0.3, -0.25) is 4.79 Å². The third-order valence-corrected chi connectivity index (χ3v) is 3.00. The summed E-state index contributed by atoms with van der Waals surface area (Å²) < 4.78 is 52.7. The van der Waals surface area contributed by atoms with Crippen molar-refractivity contribution >= 4 is 11.9 Å². The van der Waals surface area contributed by atoms with Gasteiger partial charge in [0.15, 0.2) is 12.7 Å². The molecule has 1 unspecified atom stereocenters. The summed E-state index contributed by atoms with van der Waals surface area (Å²) in [5, 5.41) is 2.41. The van der Waals surface area contributed by atoms with Crippen molar-refractivity contribution in [2.45, 2.75) is 19.2 Å². The highest BCUT2D eigenvalue weighted by atomic mass is 19.4. The van der Waals surface area contributed by atoms with Crippen molar-refractivity contribution in [2.24, 2.45) is 0 Å². The van der Waals surface area contributed by atoms with E-state index >= 15 is 0 Å². The van der Waals surface area contributed by atoms with E-state index in [4.69, 9.17) is 14.2 Å². The van der Waals surface area contributed by atoms with Crippen molar-refractivity contribution < 1.29 is 37.0 Å². The van der Waals surface area contributed by atoms with Crippen LogP contribution in [0.4, 0.5) is 13.2 Å². The fraction of sp³-hybridized carbons (Fsp3) is 0.412. The molecule has 1 aromatic carbocycles. The summed E-state index contributed by atoms with van der Waals surface area (Å²) in [4.78, 5) is 23.0. The number of rotatable bonds is 10. The van der Waals surface area contributed by atoms with E-state index in [1.54, 1.807) is 0 Å². The molecular formula is C17H20F3NO5. The minimum atomic E-state index is -4.45. The second kappa shape index (κ2) is 10.4. The smallest absolute Gasteiger partial charge is 0.416 e. The Balaban J connectivity index is 2.26. The predicted molar refractivity (Wildman–Crippen MR) is 86.5 cm³/mol. The van der Waals surface area contributed by atoms with Crippen LogP contribution in [0.15, 0.2) is 36.9 Å². The third-order valence-electron chi connectivity index (χ3n) is 3.00. The van der Waals surface area contributed by atoms with Gasteiger partial charge in [-0.1, -0.05) is 12.1 Å². The van der Waals surface area contributed by atoms with E-state index in [0.717, 1.165) is 12.1 Å². The van der Waals surface area contributed by atoms with Crippen LogP contribution in [0.2, 0.25) is 0 Å². The Morgan fingerprint density at radius 2 is 2.08 bits per heavy atom. The number of nitrogens with one attached hydrogen (secondary N) is 1. The molecule has 9 heteroatoms. The molecule has 1 amide bonds. The molecule has 6 nitrogen and oxygen atoms in total. The van der Waals surface area contributed by atoms with Gasteiger partial charge < -0.3 is 19.5 Å². The number of amides is 1. The van der Waals surface area contributed by atoms with Gasteiger partial charge in [0.25, 0.3) is 5.91 Å². The maximum Gasteiger partial charge on any atom is 0.416 e. The first kappa shape index (κ1) is 21.5. The summed E-state index contributed by atoms with van der Waals surface area (Å²) in [6.07, 6.45) is -3.81. The molecule has 26 heavy (non-hydrogen) atoms. The van der Waals surface area contributed by atoms with Crippen molar-refractivity contribution in [3.8, 4) is 5.75 Å². The minimum Gasteiger partial charge on any atom is -0.492 e. The van der Waals surface area contributed by atoms with Gasteiger partial charge in [-0.05, 0) is 25.1 Å². The van der Waals surface area contributed by atoms with E-state index < -0.39 is 36.3 Å². The van der Waals surface area contributed by atoms with Gasteiger partial charge in [0.2, 0.25) is 0 Å². The first-order valence-electron chi connectivity index (χ1n) is 7.70. The second-order valence-electron chi connectivity index (χ2n) is 5.10. The molecule has 1 N–H and O–H groups in total. The van der Waals surface area contributed by atoms with Crippen LogP contribution in [0.25, 0.3) is 0 Å². The number of benzene rings is 1. The molecule has 0 aliphatic heterocycles. The molecule has 144 valence electrons. The maximum atomic E-state index is 12.6. The molecule has 0 saturated heterocycles. The molecule has 0 aliphatic rings. The van der Waals surface area contributed by atoms with E-state index in [0.29, 0.717) is 0 Å². The molecule has 0 heterocycles. The summed E-state index contributed by atoms with van der Waals surface area (Å²) >= 11 is 0. The number of alkyl halides is 3. The number of halogens is 3. The monoisotopic (exact) mass is 375 g/mol. The lowest BCUT2D eigenvalue weighted by atomic mass is 10.2. The summed E-state index contributed by atoms with van der Waals surface area (Å²) in [6.45, 7) is 4.59. The molecule has 1 rings (SSSR count). The molecule has 0 bridgehead atoms. The van der Waals surface area contributed by atoms with Crippen LogP contribution in [0.5, 0.6) is 5.75 Å². The van der Waals surface area contributed by atoms with E-state index in [-0.39, 0.29) is 25.5 Å². The van der Waals surface area contributed by atoms with Crippen LogP contribution in [0, 0.1) is 0 Å². The lowest BCUT2D eigenvalue weighted by molar-refractivity contribution is -0.158. The normalized spacial score (nSPS) is 12.2. The molecule has 0 radical (unpaired) electrons. The largest absolute Gasteiger partial charge is 0.492 e. The lowest BCUT2D eigenvalue weighted by Gasteiger charge is -2.12. The molecule has 0 fully saturated rings. The van der Waals surface area contributed by atoms with Gasteiger partial charge in [-0.15, -0.1) is 6.58 Å². The van der Waals surface area contributed by atoms with E-state index in [1.165, 1.54) is 25.1 Å². The molecule has 0 aliphatic carbocycles.